The summed E-state index contributed by atoms with van der Waals surface area (Å²) in [5.74, 6) is 0.985. The molecule has 0 spiro atoms. The van der Waals surface area contributed by atoms with Crippen LogP contribution in [0, 0.1) is 0 Å². The molecule has 2 saturated heterocycles. The maximum atomic E-state index is 11.6. The minimum atomic E-state index is -0.130. The van der Waals surface area contributed by atoms with Crippen LogP contribution in [0.4, 0.5) is 5.95 Å². The minimum Gasteiger partial charge on any atom is -0.381 e. The monoisotopic (exact) mass is 438 g/mol. The summed E-state index contributed by atoms with van der Waals surface area (Å²) < 4.78 is 13.0. The van der Waals surface area contributed by atoms with E-state index < -0.39 is 0 Å². The molecule has 0 bridgehead atoms. The van der Waals surface area contributed by atoms with E-state index in [9.17, 15) is 4.79 Å². The summed E-state index contributed by atoms with van der Waals surface area (Å²) in [7, 11) is 1.59. The number of fused-ring (bicyclic) bond motifs is 1. The van der Waals surface area contributed by atoms with Crippen molar-refractivity contribution < 1.29 is 14.3 Å². The maximum Gasteiger partial charge on any atom is 0.228 e. The van der Waals surface area contributed by atoms with Gasteiger partial charge in [-0.2, -0.15) is 10.1 Å². The number of carbonyl (C=O) groups is 1. The molecule has 2 aliphatic heterocycles. The first-order chi connectivity index (χ1) is 15.7. The van der Waals surface area contributed by atoms with Gasteiger partial charge in [0.2, 0.25) is 11.9 Å². The maximum absolute atomic E-state index is 11.6. The van der Waals surface area contributed by atoms with Gasteiger partial charge in [-0.3, -0.25) is 4.79 Å². The summed E-state index contributed by atoms with van der Waals surface area (Å²) in [6, 6.07) is 0.243. The third-order valence-corrected chi connectivity index (χ3v) is 5.85. The van der Waals surface area contributed by atoms with Gasteiger partial charge in [0.25, 0.3) is 0 Å². The van der Waals surface area contributed by atoms with Crippen LogP contribution in [0.25, 0.3) is 22.3 Å². The third kappa shape index (κ3) is 4.13. The number of rotatable bonds is 5. The molecule has 0 aromatic carbocycles. The van der Waals surface area contributed by atoms with Crippen LogP contribution in [0.5, 0.6) is 0 Å². The Morgan fingerprint density at radius 1 is 1.06 bits per heavy atom. The van der Waals surface area contributed by atoms with Gasteiger partial charge < -0.3 is 19.7 Å². The van der Waals surface area contributed by atoms with E-state index in [-0.39, 0.29) is 18.4 Å². The molecule has 0 aliphatic carbocycles. The second-order valence-electron chi connectivity index (χ2n) is 7.88. The summed E-state index contributed by atoms with van der Waals surface area (Å²) in [4.78, 5) is 32.3. The van der Waals surface area contributed by atoms with Gasteiger partial charge in [-0.05, 0) is 12.8 Å². The van der Waals surface area contributed by atoms with Crippen LogP contribution in [-0.4, -0.2) is 82.2 Å². The number of nitrogens with one attached hydrogen (secondary N) is 1. The van der Waals surface area contributed by atoms with Gasteiger partial charge >= 0.3 is 0 Å². The largest absolute Gasteiger partial charge is 0.381 e. The quantitative estimate of drug-likeness (QED) is 0.615. The molecule has 3 aromatic heterocycles. The van der Waals surface area contributed by atoms with E-state index in [1.165, 1.54) is 0 Å². The van der Waals surface area contributed by atoms with Crippen LogP contribution in [0.2, 0.25) is 0 Å². The molecule has 5 heterocycles. The molecule has 0 saturated carbocycles. The lowest BCUT2D eigenvalue weighted by molar-refractivity contribution is -0.120. The number of hydrogen-bond donors (Lipinski definition) is 1. The first-order valence-corrected chi connectivity index (χ1v) is 10.9. The van der Waals surface area contributed by atoms with E-state index >= 15 is 0 Å². The predicted octanol–water partition coefficient (Wildman–Crippen LogP) is 0.760. The van der Waals surface area contributed by atoms with Gasteiger partial charge in [-0.25, -0.2) is 19.6 Å². The number of ether oxygens (including phenoxy) is 2. The SMILES string of the molecule is CNC(=O)Cc1ncc(-c2nc(N3CCOCC3)nc3c2cnn3C2CCOCC2)cn1. The third-order valence-electron chi connectivity index (χ3n) is 5.85. The molecule has 2 aliphatic rings. The molecule has 0 unspecified atom stereocenters. The van der Waals surface area contributed by atoms with Crippen molar-refractivity contribution in [3.05, 3.63) is 24.4 Å². The van der Waals surface area contributed by atoms with Gasteiger partial charge in [-0.15, -0.1) is 0 Å². The highest BCUT2D eigenvalue weighted by Gasteiger charge is 2.24. The Kier molecular flexibility index (Phi) is 5.91. The summed E-state index contributed by atoms with van der Waals surface area (Å²) in [5, 5.41) is 8.13. The number of nitrogens with zero attached hydrogens (tertiary/aromatic N) is 7. The Bertz CT molecular complexity index is 1090. The number of amides is 1. The van der Waals surface area contributed by atoms with Crippen LogP contribution in [0.1, 0.15) is 24.7 Å². The van der Waals surface area contributed by atoms with E-state index in [1.54, 1.807) is 19.4 Å². The first kappa shape index (κ1) is 20.7. The Balaban J connectivity index is 1.57. The van der Waals surface area contributed by atoms with Crippen LogP contribution in [-0.2, 0) is 20.7 Å². The van der Waals surface area contributed by atoms with Crippen LogP contribution < -0.4 is 10.2 Å². The predicted molar refractivity (Wildman–Crippen MR) is 116 cm³/mol. The molecule has 0 radical (unpaired) electrons. The van der Waals surface area contributed by atoms with E-state index in [2.05, 4.69) is 25.3 Å². The van der Waals surface area contributed by atoms with E-state index in [4.69, 9.17) is 19.4 Å². The zero-order valence-corrected chi connectivity index (χ0v) is 18.0. The Morgan fingerprint density at radius 3 is 2.50 bits per heavy atom. The van der Waals surface area contributed by atoms with Crippen molar-refractivity contribution in [2.24, 2.45) is 0 Å². The average molecular weight is 438 g/mol. The normalized spacial score (nSPS) is 17.6. The Hall–Kier alpha value is -3.18. The summed E-state index contributed by atoms with van der Waals surface area (Å²) in [6.07, 6.45) is 7.18. The fourth-order valence-electron chi connectivity index (χ4n) is 4.04. The van der Waals surface area contributed by atoms with Crippen LogP contribution in [0.3, 0.4) is 0 Å². The van der Waals surface area contributed by atoms with E-state index in [0.717, 1.165) is 61.4 Å². The van der Waals surface area contributed by atoms with E-state index in [0.29, 0.717) is 25.0 Å². The smallest absolute Gasteiger partial charge is 0.228 e. The lowest BCUT2D eigenvalue weighted by Gasteiger charge is -2.27. The number of aromatic nitrogens is 6. The number of hydrogen-bond acceptors (Lipinski definition) is 9. The molecular weight excluding hydrogens is 412 g/mol. The van der Waals surface area contributed by atoms with Gasteiger partial charge in [0.05, 0.1) is 43.0 Å². The Labute approximate surface area is 185 Å². The van der Waals surface area contributed by atoms with Gasteiger partial charge in [0, 0.05) is 51.3 Å². The molecule has 2 fully saturated rings. The first-order valence-electron chi connectivity index (χ1n) is 10.9. The molecule has 1 N–H and O–H groups in total. The van der Waals surface area contributed by atoms with Crippen molar-refractivity contribution in [3.8, 4) is 11.3 Å². The molecule has 5 rings (SSSR count). The highest BCUT2D eigenvalue weighted by molar-refractivity contribution is 5.91. The molecule has 3 aromatic rings. The molecule has 0 atom stereocenters. The lowest BCUT2D eigenvalue weighted by Crippen LogP contribution is -2.37. The summed E-state index contributed by atoms with van der Waals surface area (Å²) in [5.41, 5.74) is 2.30. The lowest BCUT2D eigenvalue weighted by atomic mass is 10.1. The standard InChI is InChI=1S/C21H26N8O3/c1-22-18(30)10-17-23-11-14(12-24-17)19-16-13-25-29(15-2-6-31-7-3-15)20(16)27-21(26-19)28-4-8-32-9-5-28/h11-13,15H,2-10H2,1H3,(H,22,30). The molecule has 11 heteroatoms. The molecule has 168 valence electrons. The van der Waals surface area contributed by atoms with Crippen molar-refractivity contribution in [2.75, 3.05) is 51.5 Å². The summed E-state index contributed by atoms with van der Waals surface area (Å²) >= 11 is 0. The summed E-state index contributed by atoms with van der Waals surface area (Å²) in [6.45, 7) is 4.21. The van der Waals surface area contributed by atoms with Gasteiger partial charge in [0.1, 0.15) is 5.82 Å². The fraction of sp³-hybridized carbons (Fsp3) is 0.524. The molecule has 11 nitrogen and oxygen atoms in total. The van der Waals surface area contributed by atoms with Crippen LogP contribution >= 0.6 is 0 Å². The number of morpholine rings is 1. The second-order valence-corrected chi connectivity index (χ2v) is 7.88. The molecule has 1 amide bonds. The number of likely N-dealkylation sites (N-methyl/N-ethyl adjacent to an activating group) is 1. The second kappa shape index (κ2) is 9.13. The number of carbonyl (C=O) groups excluding carboxylic acids is 1. The zero-order valence-electron chi connectivity index (χ0n) is 18.0. The van der Waals surface area contributed by atoms with Gasteiger partial charge in [0.15, 0.2) is 5.65 Å². The molecular formula is C21H26N8O3. The van der Waals surface area contributed by atoms with Crippen molar-refractivity contribution in [1.82, 2.24) is 35.0 Å². The Morgan fingerprint density at radius 2 is 1.78 bits per heavy atom. The van der Waals surface area contributed by atoms with Crippen molar-refractivity contribution in [3.63, 3.8) is 0 Å². The highest BCUT2D eigenvalue weighted by atomic mass is 16.5. The number of anilines is 1. The topological polar surface area (TPSA) is 120 Å². The zero-order chi connectivity index (χ0) is 21.9. The van der Waals surface area contributed by atoms with Gasteiger partial charge in [-0.1, -0.05) is 0 Å². The highest BCUT2D eigenvalue weighted by Crippen LogP contribution is 2.31. The van der Waals surface area contributed by atoms with Crippen molar-refractivity contribution in [2.45, 2.75) is 25.3 Å². The van der Waals surface area contributed by atoms with Crippen molar-refractivity contribution in [1.29, 1.82) is 0 Å². The molecule has 32 heavy (non-hydrogen) atoms. The van der Waals surface area contributed by atoms with E-state index in [1.807, 2.05) is 10.9 Å². The fourth-order valence-corrected chi connectivity index (χ4v) is 4.04. The van der Waals surface area contributed by atoms with Crippen LogP contribution in [0.15, 0.2) is 18.6 Å². The average Bonchev–Trinajstić information content (AvgIpc) is 3.29. The minimum absolute atomic E-state index is 0.130. The van der Waals surface area contributed by atoms with Crippen molar-refractivity contribution >= 4 is 22.9 Å².